The summed E-state index contributed by atoms with van der Waals surface area (Å²) in [7, 11) is 0. The highest BCUT2D eigenvalue weighted by atomic mass is 17.2. The Balaban J connectivity index is 1.75. The zero-order valence-electron chi connectivity index (χ0n) is 10.1. The van der Waals surface area contributed by atoms with Gasteiger partial charge in [-0.05, 0) is 25.3 Å². The molecule has 1 aromatic carbocycles. The average Bonchev–Trinajstić information content (AvgIpc) is 2.84. The normalized spacial score (nSPS) is 31.8. The smallest absolute Gasteiger partial charge is 0.201 e. The minimum atomic E-state index is -0.491. The van der Waals surface area contributed by atoms with Crippen LogP contribution in [0.3, 0.4) is 0 Å². The van der Waals surface area contributed by atoms with Crippen LogP contribution in [0.4, 0.5) is 0 Å². The molecule has 1 atom stereocenters. The van der Waals surface area contributed by atoms with Crippen molar-refractivity contribution in [3.8, 4) is 0 Å². The summed E-state index contributed by atoms with van der Waals surface area (Å²) in [6.45, 7) is 2.56. The van der Waals surface area contributed by atoms with Gasteiger partial charge >= 0.3 is 0 Å². The molecule has 2 fully saturated rings. The van der Waals surface area contributed by atoms with E-state index in [9.17, 15) is 0 Å². The second-order valence-electron chi connectivity index (χ2n) is 5.17. The number of benzene rings is 1. The molecule has 1 unspecified atom stereocenters. The minimum absolute atomic E-state index is 0.464. The maximum absolute atomic E-state index is 5.95. The molecule has 3 nitrogen and oxygen atoms in total. The number of ether oxygens (including phenoxy) is 1. The summed E-state index contributed by atoms with van der Waals surface area (Å²) in [6, 6.07) is 10.1. The Hall–Kier alpha value is -0.900. The maximum Gasteiger partial charge on any atom is 0.201 e. The summed E-state index contributed by atoms with van der Waals surface area (Å²) >= 11 is 0. The van der Waals surface area contributed by atoms with Gasteiger partial charge in [-0.2, -0.15) is 0 Å². The molecule has 3 heteroatoms. The van der Waals surface area contributed by atoms with Crippen molar-refractivity contribution in [2.75, 3.05) is 6.61 Å². The predicted octanol–water partition coefficient (Wildman–Crippen LogP) is 3.15. The molecule has 0 aromatic heterocycles. The Kier molecular flexibility index (Phi) is 2.69. The van der Waals surface area contributed by atoms with E-state index in [-0.39, 0.29) is 0 Å². The van der Waals surface area contributed by atoms with E-state index in [1.54, 1.807) is 0 Å². The van der Waals surface area contributed by atoms with E-state index in [0.29, 0.717) is 6.61 Å². The van der Waals surface area contributed by atoms with Crippen LogP contribution in [-0.2, 0) is 20.1 Å². The van der Waals surface area contributed by atoms with Crippen molar-refractivity contribution in [2.45, 2.75) is 44.0 Å². The Morgan fingerprint density at radius 3 is 2.29 bits per heavy atom. The lowest BCUT2D eigenvalue weighted by molar-refractivity contribution is -0.512. The van der Waals surface area contributed by atoms with Crippen molar-refractivity contribution in [1.29, 1.82) is 0 Å². The molecule has 1 aliphatic heterocycles. The summed E-state index contributed by atoms with van der Waals surface area (Å²) in [6.07, 6.45) is 4.20. The fraction of sp³-hybridized carbons (Fsp3) is 0.571. The van der Waals surface area contributed by atoms with Crippen LogP contribution in [-0.4, -0.2) is 12.4 Å². The first kappa shape index (κ1) is 11.2. The van der Waals surface area contributed by atoms with Gasteiger partial charge in [-0.3, -0.25) is 0 Å². The van der Waals surface area contributed by atoms with Gasteiger partial charge in [0.1, 0.15) is 5.60 Å². The van der Waals surface area contributed by atoms with Gasteiger partial charge in [0.25, 0.3) is 0 Å². The zero-order chi connectivity index (χ0) is 11.8. The van der Waals surface area contributed by atoms with E-state index >= 15 is 0 Å². The van der Waals surface area contributed by atoms with Crippen molar-refractivity contribution in [2.24, 2.45) is 0 Å². The van der Waals surface area contributed by atoms with E-state index in [1.807, 2.05) is 37.3 Å². The van der Waals surface area contributed by atoms with E-state index < -0.39 is 11.4 Å². The summed E-state index contributed by atoms with van der Waals surface area (Å²) in [4.78, 5) is 11.2. The quantitative estimate of drug-likeness (QED) is 0.699. The van der Waals surface area contributed by atoms with Crippen LogP contribution in [0, 0.1) is 0 Å². The number of hydrogen-bond acceptors (Lipinski definition) is 3. The lowest BCUT2D eigenvalue weighted by Gasteiger charge is -2.41. The topological polar surface area (TPSA) is 27.7 Å². The van der Waals surface area contributed by atoms with Gasteiger partial charge in [0.05, 0.1) is 6.61 Å². The third-order valence-electron chi connectivity index (χ3n) is 3.74. The van der Waals surface area contributed by atoms with Crippen LogP contribution in [0.15, 0.2) is 30.3 Å². The lowest BCUT2D eigenvalue weighted by atomic mass is 9.96. The van der Waals surface area contributed by atoms with Gasteiger partial charge in [0, 0.05) is 12.8 Å². The molecule has 2 aliphatic rings. The monoisotopic (exact) mass is 234 g/mol. The highest BCUT2D eigenvalue weighted by molar-refractivity contribution is 5.22. The molecular weight excluding hydrogens is 216 g/mol. The first-order chi connectivity index (χ1) is 8.23. The van der Waals surface area contributed by atoms with E-state index in [4.69, 9.17) is 14.5 Å². The third-order valence-corrected chi connectivity index (χ3v) is 3.74. The fourth-order valence-corrected chi connectivity index (χ4v) is 2.55. The molecule has 0 N–H and O–H groups in total. The summed E-state index contributed by atoms with van der Waals surface area (Å²) < 4.78 is 5.95. The number of hydrogen-bond donors (Lipinski definition) is 0. The van der Waals surface area contributed by atoms with E-state index in [2.05, 4.69) is 0 Å². The summed E-state index contributed by atoms with van der Waals surface area (Å²) in [5, 5.41) is 0. The molecule has 0 radical (unpaired) electrons. The van der Waals surface area contributed by atoms with E-state index in [0.717, 1.165) is 31.2 Å². The van der Waals surface area contributed by atoms with Crippen molar-refractivity contribution in [3.05, 3.63) is 35.9 Å². The van der Waals surface area contributed by atoms with Crippen LogP contribution < -0.4 is 0 Å². The van der Waals surface area contributed by atoms with Crippen molar-refractivity contribution in [1.82, 2.24) is 0 Å². The van der Waals surface area contributed by atoms with Crippen LogP contribution in [0.1, 0.15) is 38.2 Å². The summed E-state index contributed by atoms with van der Waals surface area (Å²) in [5.74, 6) is -0.464. The van der Waals surface area contributed by atoms with Gasteiger partial charge in [-0.15, -0.1) is 0 Å². The Morgan fingerprint density at radius 1 is 1.00 bits per heavy atom. The lowest BCUT2D eigenvalue weighted by Crippen LogP contribution is -2.47. The molecule has 1 saturated heterocycles. The number of rotatable bonds is 1. The SMILES string of the molecule is CC1(c2ccccc2)COC2(CCCC2)OO1. The van der Waals surface area contributed by atoms with Gasteiger partial charge in [-0.25, -0.2) is 9.78 Å². The van der Waals surface area contributed by atoms with Gasteiger partial charge in [-0.1, -0.05) is 30.3 Å². The fourth-order valence-electron chi connectivity index (χ4n) is 2.55. The van der Waals surface area contributed by atoms with Crippen LogP contribution in [0.2, 0.25) is 0 Å². The van der Waals surface area contributed by atoms with Gasteiger partial charge in [0.15, 0.2) is 0 Å². The molecule has 1 aromatic rings. The first-order valence-corrected chi connectivity index (χ1v) is 6.29. The van der Waals surface area contributed by atoms with Crippen LogP contribution in [0.5, 0.6) is 0 Å². The largest absolute Gasteiger partial charge is 0.344 e. The van der Waals surface area contributed by atoms with E-state index in [1.165, 1.54) is 0 Å². The standard InChI is InChI=1S/C14H18O3/c1-13(12-7-3-2-4-8-12)11-15-14(17-16-13)9-5-6-10-14/h2-4,7-8H,5-6,9-11H2,1H3. The van der Waals surface area contributed by atoms with Crippen molar-refractivity contribution >= 4 is 0 Å². The minimum Gasteiger partial charge on any atom is -0.344 e. The Morgan fingerprint density at radius 2 is 1.71 bits per heavy atom. The third kappa shape index (κ3) is 1.99. The highest BCUT2D eigenvalue weighted by Gasteiger charge is 2.46. The second-order valence-corrected chi connectivity index (χ2v) is 5.17. The first-order valence-electron chi connectivity index (χ1n) is 6.29. The molecule has 17 heavy (non-hydrogen) atoms. The molecule has 3 rings (SSSR count). The molecule has 1 heterocycles. The maximum atomic E-state index is 5.95. The Bertz CT molecular complexity index is 372. The average molecular weight is 234 g/mol. The van der Waals surface area contributed by atoms with Crippen LogP contribution in [0.25, 0.3) is 0 Å². The molecule has 0 amide bonds. The molecular formula is C14H18O3. The predicted molar refractivity (Wildman–Crippen MR) is 63.1 cm³/mol. The van der Waals surface area contributed by atoms with Crippen molar-refractivity contribution < 1.29 is 14.5 Å². The Labute approximate surface area is 102 Å². The van der Waals surface area contributed by atoms with Crippen molar-refractivity contribution in [3.63, 3.8) is 0 Å². The molecule has 1 saturated carbocycles. The molecule has 0 bridgehead atoms. The molecule has 1 aliphatic carbocycles. The van der Waals surface area contributed by atoms with Crippen LogP contribution >= 0.6 is 0 Å². The molecule has 92 valence electrons. The zero-order valence-corrected chi connectivity index (χ0v) is 10.1. The second kappa shape index (κ2) is 4.09. The van der Waals surface area contributed by atoms with Gasteiger partial charge in [0.2, 0.25) is 5.79 Å². The highest BCUT2D eigenvalue weighted by Crippen LogP contribution is 2.42. The van der Waals surface area contributed by atoms with Gasteiger partial charge < -0.3 is 4.74 Å². The molecule has 1 spiro atoms. The summed E-state index contributed by atoms with van der Waals surface area (Å²) in [5.41, 5.74) is 0.600.